The van der Waals surface area contributed by atoms with Gasteiger partial charge in [0.1, 0.15) is 6.04 Å². The highest BCUT2D eigenvalue weighted by molar-refractivity contribution is 6.33. The van der Waals surface area contributed by atoms with Gasteiger partial charge in [-0.05, 0) is 34.4 Å². The Bertz CT molecular complexity index is 1300. The van der Waals surface area contributed by atoms with E-state index in [1.807, 2.05) is 84.9 Å². The molecule has 174 valence electrons. The average molecular weight is 481 g/mol. The predicted octanol–water partition coefficient (Wildman–Crippen LogP) is 5.81. The highest BCUT2D eigenvalue weighted by atomic mass is 35.5. The normalized spacial score (nSPS) is 14.9. The Labute approximate surface area is 210 Å². The van der Waals surface area contributed by atoms with Crippen LogP contribution in [-0.2, 0) is 17.8 Å². The van der Waals surface area contributed by atoms with Gasteiger partial charge in [-0.1, -0.05) is 109 Å². The number of hydrogen-bond acceptors (Lipinski definition) is 2. The van der Waals surface area contributed by atoms with Gasteiger partial charge >= 0.3 is 0 Å². The van der Waals surface area contributed by atoms with Crippen LogP contribution in [0.4, 0.5) is 0 Å². The van der Waals surface area contributed by atoms with Gasteiger partial charge in [-0.3, -0.25) is 9.59 Å². The quantitative estimate of drug-likeness (QED) is 0.391. The molecule has 0 saturated carbocycles. The molecule has 5 heteroatoms. The summed E-state index contributed by atoms with van der Waals surface area (Å²) < 4.78 is 0. The molecular weight excluding hydrogens is 456 g/mol. The van der Waals surface area contributed by atoms with Crippen LogP contribution in [0.25, 0.3) is 0 Å². The van der Waals surface area contributed by atoms with Gasteiger partial charge in [-0.2, -0.15) is 0 Å². The number of hydrogen-bond donors (Lipinski definition) is 1. The molecular formula is C30H25ClN2O2. The Kier molecular flexibility index (Phi) is 6.64. The van der Waals surface area contributed by atoms with Gasteiger partial charge in [0.2, 0.25) is 5.91 Å². The molecule has 0 aromatic heterocycles. The first-order valence-electron chi connectivity index (χ1n) is 11.6. The van der Waals surface area contributed by atoms with Crippen LogP contribution in [0, 0.1) is 0 Å². The molecule has 0 saturated heterocycles. The number of carbonyl (C=O) groups is 2. The SMILES string of the molecule is O=C(NC(c1ccccc1)c1ccccc1)C1Cc2ccccc2CN1C(=O)c1ccccc1Cl. The van der Waals surface area contributed by atoms with Crippen molar-refractivity contribution in [3.05, 3.63) is 142 Å². The Morgan fingerprint density at radius 1 is 0.743 bits per heavy atom. The first-order valence-corrected chi connectivity index (χ1v) is 12.0. The van der Waals surface area contributed by atoms with Crippen molar-refractivity contribution >= 4 is 23.4 Å². The predicted molar refractivity (Wildman–Crippen MR) is 138 cm³/mol. The van der Waals surface area contributed by atoms with Gasteiger partial charge in [0.05, 0.1) is 16.6 Å². The molecule has 4 nitrogen and oxygen atoms in total. The maximum Gasteiger partial charge on any atom is 0.256 e. The van der Waals surface area contributed by atoms with Crippen LogP contribution in [0.2, 0.25) is 5.02 Å². The molecule has 4 aromatic rings. The van der Waals surface area contributed by atoms with E-state index in [0.29, 0.717) is 23.6 Å². The fourth-order valence-electron chi connectivity index (χ4n) is 4.65. The molecule has 0 radical (unpaired) electrons. The second kappa shape index (κ2) is 10.2. The standard InChI is InChI=1S/C30H25ClN2O2/c31-26-18-10-9-17-25(26)30(35)33-20-24-16-8-7-15-23(24)19-27(33)29(34)32-28(21-11-3-1-4-12-21)22-13-5-2-6-14-22/h1-18,27-28H,19-20H2,(H,32,34). The van der Waals surface area contributed by atoms with E-state index in [1.54, 1.807) is 29.2 Å². The molecule has 1 N–H and O–H groups in total. The Morgan fingerprint density at radius 2 is 1.29 bits per heavy atom. The Balaban J connectivity index is 1.50. The maximum atomic E-state index is 13.9. The number of carbonyl (C=O) groups excluding carboxylic acids is 2. The topological polar surface area (TPSA) is 49.4 Å². The van der Waals surface area contributed by atoms with E-state index in [0.717, 1.165) is 22.3 Å². The lowest BCUT2D eigenvalue weighted by Gasteiger charge is -2.37. The lowest BCUT2D eigenvalue weighted by atomic mass is 9.92. The first kappa shape index (κ1) is 22.9. The molecule has 1 aliphatic heterocycles. The van der Waals surface area contributed by atoms with Crippen molar-refractivity contribution in [1.82, 2.24) is 10.2 Å². The number of nitrogens with zero attached hydrogens (tertiary/aromatic N) is 1. The minimum absolute atomic E-state index is 0.197. The summed E-state index contributed by atoms with van der Waals surface area (Å²) >= 11 is 6.36. The van der Waals surface area contributed by atoms with E-state index in [9.17, 15) is 9.59 Å². The third kappa shape index (κ3) is 4.84. The van der Waals surface area contributed by atoms with Crippen molar-refractivity contribution in [2.75, 3.05) is 0 Å². The summed E-state index contributed by atoms with van der Waals surface area (Å²) in [5.74, 6) is -0.446. The van der Waals surface area contributed by atoms with E-state index in [2.05, 4.69) is 5.32 Å². The van der Waals surface area contributed by atoms with Crippen LogP contribution in [0.5, 0.6) is 0 Å². The zero-order chi connectivity index (χ0) is 24.2. The third-order valence-electron chi connectivity index (χ3n) is 6.47. The Morgan fingerprint density at radius 3 is 1.91 bits per heavy atom. The van der Waals surface area contributed by atoms with E-state index in [4.69, 9.17) is 11.6 Å². The van der Waals surface area contributed by atoms with Crippen molar-refractivity contribution < 1.29 is 9.59 Å². The first-order chi connectivity index (χ1) is 17.1. The molecule has 1 unspecified atom stereocenters. The van der Waals surface area contributed by atoms with E-state index >= 15 is 0 Å². The van der Waals surface area contributed by atoms with Crippen molar-refractivity contribution in [1.29, 1.82) is 0 Å². The van der Waals surface area contributed by atoms with Crippen molar-refractivity contribution in [3.8, 4) is 0 Å². The zero-order valence-electron chi connectivity index (χ0n) is 19.1. The van der Waals surface area contributed by atoms with Crippen LogP contribution >= 0.6 is 11.6 Å². The van der Waals surface area contributed by atoms with Crippen molar-refractivity contribution in [2.45, 2.75) is 25.0 Å². The zero-order valence-corrected chi connectivity index (χ0v) is 19.9. The largest absolute Gasteiger partial charge is 0.343 e. The van der Waals surface area contributed by atoms with Gasteiger partial charge in [0.25, 0.3) is 5.91 Å². The van der Waals surface area contributed by atoms with E-state index in [-0.39, 0.29) is 17.9 Å². The second-order valence-corrected chi connectivity index (χ2v) is 9.07. The van der Waals surface area contributed by atoms with Crippen LogP contribution < -0.4 is 5.32 Å². The molecule has 0 spiro atoms. The van der Waals surface area contributed by atoms with Gasteiger partial charge < -0.3 is 10.2 Å². The van der Waals surface area contributed by atoms with Crippen LogP contribution in [-0.4, -0.2) is 22.8 Å². The van der Waals surface area contributed by atoms with Gasteiger partial charge in [0, 0.05) is 13.0 Å². The fourth-order valence-corrected chi connectivity index (χ4v) is 4.87. The highest BCUT2D eigenvalue weighted by Crippen LogP contribution is 2.29. The number of amides is 2. The second-order valence-electron chi connectivity index (χ2n) is 8.66. The summed E-state index contributed by atoms with van der Waals surface area (Å²) in [5.41, 5.74) is 4.47. The molecule has 0 aliphatic carbocycles. The number of halogens is 1. The van der Waals surface area contributed by atoms with Crippen LogP contribution in [0.1, 0.15) is 38.7 Å². The summed E-state index contributed by atoms with van der Waals surface area (Å²) in [7, 11) is 0. The van der Waals surface area contributed by atoms with E-state index in [1.165, 1.54) is 0 Å². The van der Waals surface area contributed by atoms with Crippen LogP contribution in [0.15, 0.2) is 109 Å². The monoisotopic (exact) mass is 480 g/mol. The number of rotatable bonds is 5. The summed E-state index contributed by atoms with van der Waals surface area (Å²) in [6, 6.07) is 33.7. The van der Waals surface area contributed by atoms with Gasteiger partial charge in [-0.25, -0.2) is 0 Å². The number of nitrogens with one attached hydrogen (secondary N) is 1. The van der Waals surface area contributed by atoms with Crippen molar-refractivity contribution in [3.63, 3.8) is 0 Å². The lowest BCUT2D eigenvalue weighted by Crippen LogP contribution is -2.53. The van der Waals surface area contributed by atoms with Gasteiger partial charge in [0.15, 0.2) is 0 Å². The van der Waals surface area contributed by atoms with Crippen LogP contribution in [0.3, 0.4) is 0 Å². The number of fused-ring (bicyclic) bond motifs is 1. The smallest absolute Gasteiger partial charge is 0.256 e. The van der Waals surface area contributed by atoms with Gasteiger partial charge in [-0.15, -0.1) is 0 Å². The fraction of sp³-hybridized carbons (Fsp3) is 0.133. The Hall–Kier alpha value is -3.89. The minimum atomic E-state index is -0.663. The molecule has 5 rings (SSSR count). The molecule has 35 heavy (non-hydrogen) atoms. The molecule has 2 amide bonds. The summed E-state index contributed by atoms with van der Waals surface area (Å²) in [6.07, 6.45) is 0.439. The average Bonchev–Trinajstić information content (AvgIpc) is 2.91. The molecule has 0 fully saturated rings. The highest BCUT2D eigenvalue weighted by Gasteiger charge is 2.36. The third-order valence-corrected chi connectivity index (χ3v) is 6.80. The molecule has 1 atom stereocenters. The molecule has 1 heterocycles. The minimum Gasteiger partial charge on any atom is -0.343 e. The maximum absolute atomic E-state index is 13.9. The number of benzene rings is 4. The summed E-state index contributed by atoms with van der Waals surface area (Å²) in [4.78, 5) is 29.1. The summed E-state index contributed by atoms with van der Waals surface area (Å²) in [5, 5.41) is 3.61. The lowest BCUT2D eigenvalue weighted by molar-refractivity contribution is -0.126. The van der Waals surface area contributed by atoms with E-state index < -0.39 is 6.04 Å². The molecule has 1 aliphatic rings. The molecule has 4 aromatic carbocycles. The summed E-state index contributed by atoms with van der Waals surface area (Å²) in [6.45, 7) is 0.347. The van der Waals surface area contributed by atoms with Crippen molar-refractivity contribution in [2.24, 2.45) is 0 Å². The molecule has 0 bridgehead atoms.